The fraction of sp³-hybridized carbons (Fsp3) is 0.615. The van der Waals surface area contributed by atoms with E-state index < -0.39 is 0 Å². The second-order valence-corrected chi connectivity index (χ2v) is 4.25. The average Bonchev–Trinajstić information content (AvgIpc) is 2.34. The molecule has 3 nitrogen and oxygen atoms in total. The highest BCUT2D eigenvalue weighted by Gasteiger charge is 1.98. The van der Waals surface area contributed by atoms with Gasteiger partial charge in [0.25, 0.3) is 0 Å². The lowest BCUT2D eigenvalue weighted by Crippen LogP contribution is -2.19. The van der Waals surface area contributed by atoms with Crippen molar-refractivity contribution in [2.75, 3.05) is 19.7 Å². The summed E-state index contributed by atoms with van der Waals surface area (Å²) in [5.74, 6) is 0.428. The van der Waals surface area contributed by atoms with E-state index in [4.69, 9.17) is 5.11 Å². The summed E-state index contributed by atoms with van der Waals surface area (Å²) in [4.78, 5) is 4.26. The zero-order valence-electron chi connectivity index (χ0n) is 10.0. The maximum Gasteiger partial charge on any atom is 0.0456 e. The van der Waals surface area contributed by atoms with Gasteiger partial charge >= 0.3 is 0 Å². The molecule has 1 unspecified atom stereocenters. The maximum atomic E-state index is 8.86. The third kappa shape index (κ3) is 5.83. The van der Waals surface area contributed by atoms with Crippen molar-refractivity contribution >= 4 is 0 Å². The fourth-order valence-corrected chi connectivity index (χ4v) is 1.55. The summed E-state index contributed by atoms with van der Waals surface area (Å²) < 4.78 is 0. The minimum Gasteiger partial charge on any atom is -0.396 e. The van der Waals surface area contributed by atoms with Gasteiger partial charge in [-0.25, -0.2) is 0 Å². The highest BCUT2D eigenvalue weighted by atomic mass is 16.3. The van der Waals surface area contributed by atoms with Crippen molar-refractivity contribution in [1.82, 2.24) is 10.3 Å². The molecule has 90 valence electrons. The first-order valence-corrected chi connectivity index (χ1v) is 6.04. The van der Waals surface area contributed by atoms with Crippen LogP contribution in [0.4, 0.5) is 0 Å². The third-order valence-corrected chi connectivity index (χ3v) is 2.65. The van der Waals surface area contributed by atoms with Gasteiger partial charge in [-0.3, -0.25) is 4.98 Å². The van der Waals surface area contributed by atoms with E-state index in [9.17, 15) is 0 Å². The molecule has 0 saturated heterocycles. The van der Waals surface area contributed by atoms with Crippen molar-refractivity contribution in [3.63, 3.8) is 0 Å². The summed E-state index contributed by atoms with van der Waals surface area (Å²) >= 11 is 0. The molecule has 0 bridgehead atoms. The predicted octanol–water partition coefficient (Wildman–Crippen LogP) is 1.62. The average molecular weight is 222 g/mol. The van der Waals surface area contributed by atoms with E-state index in [2.05, 4.69) is 23.3 Å². The van der Waals surface area contributed by atoms with Gasteiger partial charge in [-0.05, 0) is 37.4 Å². The topological polar surface area (TPSA) is 45.1 Å². The molecule has 16 heavy (non-hydrogen) atoms. The van der Waals surface area contributed by atoms with Crippen molar-refractivity contribution in [1.29, 1.82) is 0 Å². The Morgan fingerprint density at radius 1 is 1.38 bits per heavy atom. The number of aliphatic hydroxyl groups is 1. The van der Waals surface area contributed by atoms with Crippen LogP contribution in [0.3, 0.4) is 0 Å². The van der Waals surface area contributed by atoms with Crippen LogP contribution >= 0.6 is 0 Å². The van der Waals surface area contributed by atoms with Crippen molar-refractivity contribution in [3.05, 3.63) is 30.1 Å². The van der Waals surface area contributed by atoms with Crippen molar-refractivity contribution in [2.45, 2.75) is 26.2 Å². The Morgan fingerprint density at radius 3 is 2.94 bits per heavy atom. The number of hydrogen-bond donors (Lipinski definition) is 2. The smallest absolute Gasteiger partial charge is 0.0456 e. The number of aliphatic hydroxyl groups excluding tert-OH is 1. The quantitative estimate of drug-likeness (QED) is 0.657. The molecule has 0 saturated carbocycles. The largest absolute Gasteiger partial charge is 0.396 e. The van der Waals surface area contributed by atoms with Crippen LogP contribution in [0.25, 0.3) is 0 Å². The fourth-order valence-electron chi connectivity index (χ4n) is 1.55. The second kappa shape index (κ2) is 8.25. The molecule has 0 amide bonds. The van der Waals surface area contributed by atoms with Crippen LogP contribution in [0.2, 0.25) is 0 Å². The Bertz CT molecular complexity index is 264. The van der Waals surface area contributed by atoms with Crippen molar-refractivity contribution in [2.24, 2.45) is 5.92 Å². The van der Waals surface area contributed by atoms with Gasteiger partial charge in [-0.15, -0.1) is 0 Å². The van der Waals surface area contributed by atoms with Crippen LogP contribution < -0.4 is 5.32 Å². The number of hydrogen-bond acceptors (Lipinski definition) is 3. The van der Waals surface area contributed by atoms with Crippen molar-refractivity contribution in [3.8, 4) is 0 Å². The molecule has 0 radical (unpaired) electrons. The molecule has 0 spiro atoms. The van der Waals surface area contributed by atoms with E-state index in [-0.39, 0.29) is 0 Å². The van der Waals surface area contributed by atoms with Gasteiger partial charge in [0.2, 0.25) is 0 Å². The maximum absolute atomic E-state index is 8.86. The third-order valence-electron chi connectivity index (χ3n) is 2.65. The van der Waals surface area contributed by atoms with Gasteiger partial charge in [-0.1, -0.05) is 13.0 Å². The van der Waals surface area contributed by atoms with E-state index in [1.54, 1.807) is 0 Å². The number of rotatable bonds is 8. The number of nitrogens with zero attached hydrogens (tertiary/aromatic N) is 1. The minimum atomic E-state index is 0.300. The molecular weight excluding hydrogens is 200 g/mol. The molecule has 1 atom stereocenters. The number of nitrogens with one attached hydrogen (secondary N) is 1. The summed E-state index contributed by atoms with van der Waals surface area (Å²) in [7, 11) is 0. The highest BCUT2D eigenvalue weighted by molar-refractivity contribution is 5.03. The number of pyridine rings is 1. The van der Waals surface area contributed by atoms with E-state index in [0.717, 1.165) is 38.0 Å². The Balaban J connectivity index is 1.96. The van der Waals surface area contributed by atoms with Crippen LogP contribution in [0.5, 0.6) is 0 Å². The molecule has 0 aliphatic heterocycles. The van der Waals surface area contributed by atoms with E-state index in [0.29, 0.717) is 12.5 Å². The molecule has 0 aromatic carbocycles. The monoisotopic (exact) mass is 222 g/mol. The molecule has 0 aliphatic carbocycles. The first-order valence-electron chi connectivity index (χ1n) is 6.04. The zero-order valence-corrected chi connectivity index (χ0v) is 10.0. The van der Waals surface area contributed by atoms with Crippen LogP contribution in [-0.4, -0.2) is 29.8 Å². The lowest BCUT2D eigenvalue weighted by atomic mass is 10.1. The van der Waals surface area contributed by atoms with Gasteiger partial charge in [-0.2, -0.15) is 0 Å². The molecule has 0 fully saturated rings. The molecule has 1 heterocycles. The molecule has 2 N–H and O–H groups in total. The Morgan fingerprint density at radius 2 is 2.25 bits per heavy atom. The molecule has 0 aliphatic rings. The standard InChI is InChI=1S/C13H22N2O/c1-12(11-16)5-4-8-14-10-7-13-6-2-3-9-15-13/h2-3,6,9,12,14,16H,4-5,7-8,10-11H2,1H3. The number of aromatic nitrogens is 1. The SMILES string of the molecule is CC(CO)CCCNCCc1ccccn1. The molecule has 1 aromatic rings. The zero-order chi connectivity index (χ0) is 11.6. The summed E-state index contributed by atoms with van der Waals surface area (Å²) in [5, 5.41) is 12.2. The molecule has 1 rings (SSSR count). The summed E-state index contributed by atoms with van der Waals surface area (Å²) in [5.41, 5.74) is 1.14. The summed E-state index contributed by atoms with van der Waals surface area (Å²) in [6.45, 7) is 4.38. The van der Waals surface area contributed by atoms with Gasteiger partial charge in [0.15, 0.2) is 0 Å². The summed E-state index contributed by atoms with van der Waals surface area (Å²) in [6, 6.07) is 6.01. The first kappa shape index (κ1) is 13.1. The lowest BCUT2D eigenvalue weighted by Gasteiger charge is -2.08. The Labute approximate surface area is 97.9 Å². The van der Waals surface area contributed by atoms with Crippen LogP contribution in [0.1, 0.15) is 25.5 Å². The minimum absolute atomic E-state index is 0.300. The van der Waals surface area contributed by atoms with Gasteiger partial charge < -0.3 is 10.4 Å². The van der Waals surface area contributed by atoms with Crippen LogP contribution in [0, 0.1) is 5.92 Å². The lowest BCUT2D eigenvalue weighted by molar-refractivity contribution is 0.228. The van der Waals surface area contributed by atoms with Gasteiger partial charge in [0.05, 0.1) is 0 Å². The second-order valence-electron chi connectivity index (χ2n) is 4.25. The Hall–Kier alpha value is -0.930. The molecule has 3 heteroatoms. The van der Waals surface area contributed by atoms with E-state index >= 15 is 0 Å². The van der Waals surface area contributed by atoms with E-state index in [1.807, 2.05) is 18.3 Å². The van der Waals surface area contributed by atoms with Gasteiger partial charge in [0, 0.05) is 31.5 Å². The van der Waals surface area contributed by atoms with Crippen molar-refractivity contribution < 1.29 is 5.11 Å². The highest BCUT2D eigenvalue weighted by Crippen LogP contribution is 2.02. The molecular formula is C13H22N2O. The van der Waals surface area contributed by atoms with E-state index in [1.165, 1.54) is 0 Å². The first-order chi connectivity index (χ1) is 7.83. The molecule has 1 aromatic heterocycles. The van der Waals surface area contributed by atoms with Gasteiger partial charge in [0.1, 0.15) is 0 Å². The summed E-state index contributed by atoms with van der Waals surface area (Å²) in [6.07, 6.45) is 5.03. The normalized spacial score (nSPS) is 12.6. The van der Waals surface area contributed by atoms with Crippen LogP contribution in [-0.2, 0) is 6.42 Å². The predicted molar refractivity (Wildman–Crippen MR) is 66.3 cm³/mol. The Kier molecular flexibility index (Phi) is 6.77. The van der Waals surface area contributed by atoms with Crippen LogP contribution in [0.15, 0.2) is 24.4 Å².